The van der Waals surface area contributed by atoms with E-state index in [2.05, 4.69) is 0 Å². The van der Waals surface area contributed by atoms with Crippen LogP contribution in [0, 0.1) is 5.82 Å². The van der Waals surface area contributed by atoms with Crippen molar-refractivity contribution < 1.29 is 23.8 Å². The molecule has 0 saturated heterocycles. The number of ether oxygens (including phenoxy) is 2. The van der Waals surface area contributed by atoms with Crippen LogP contribution in [0.25, 0.3) is 6.08 Å². The third-order valence-electron chi connectivity index (χ3n) is 3.00. The van der Waals surface area contributed by atoms with Crippen LogP contribution < -0.4 is 4.74 Å². The lowest BCUT2D eigenvalue weighted by Gasteiger charge is -2.05. The summed E-state index contributed by atoms with van der Waals surface area (Å²) in [5.74, 6) is -0.708. The molecule has 0 atom stereocenters. The maximum absolute atomic E-state index is 12.9. The minimum atomic E-state index is -0.572. The molecular formula is C17H14ClFO4. The Kier molecular flexibility index (Phi) is 5.60. The Morgan fingerprint density at radius 1 is 1.30 bits per heavy atom. The topological polar surface area (TPSA) is 55.8 Å². The Morgan fingerprint density at radius 3 is 2.78 bits per heavy atom. The van der Waals surface area contributed by atoms with Gasteiger partial charge in [0, 0.05) is 11.6 Å². The smallest absolute Gasteiger partial charge is 0.331 e. The molecule has 0 fully saturated rings. The highest BCUT2D eigenvalue weighted by molar-refractivity contribution is 6.31. The van der Waals surface area contributed by atoms with Crippen molar-refractivity contribution in [2.24, 2.45) is 0 Å². The standard InChI is InChI=1S/C17H14ClFO4/c1-22-16-8-11(2-6-15(16)20)3-7-17(21)23-10-12-4-5-13(19)9-14(12)18/h2-9,20H,10H2,1H3. The van der Waals surface area contributed by atoms with Crippen LogP contribution in [-0.4, -0.2) is 18.2 Å². The van der Waals surface area contributed by atoms with Crippen LogP contribution >= 0.6 is 11.6 Å². The van der Waals surface area contributed by atoms with E-state index in [1.165, 1.54) is 37.5 Å². The Morgan fingerprint density at radius 2 is 2.09 bits per heavy atom. The molecule has 4 nitrogen and oxygen atoms in total. The molecule has 2 aromatic rings. The molecule has 0 aliphatic carbocycles. The molecule has 2 aromatic carbocycles. The third-order valence-corrected chi connectivity index (χ3v) is 3.35. The second-order valence-corrected chi connectivity index (χ2v) is 5.02. The fraction of sp³-hybridized carbons (Fsp3) is 0.118. The second kappa shape index (κ2) is 7.65. The van der Waals surface area contributed by atoms with Crippen molar-refractivity contribution in [3.8, 4) is 11.5 Å². The normalized spacial score (nSPS) is 10.7. The van der Waals surface area contributed by atoms with E-state index in [0.717, 1.165) is 6.07 Å². The van der Waals surface area contributed by atoms with Crippen LogP contribution in [0.15, 0.2) is 42.5 Å². The lowest BCUT2D eigenvalue weighted by molar-refractivity contribution is -0.138. The van der Waals surface area contributed by atoms with Crippen molar-refractivity contribution in [1.82, 2.24) is 0 Å². The van der Waals surface area contributed by atoms with Crippen molar-refractivity contribution in [2.75, 3.05) is 7.11 Å². The summed E-state index contributed by atoms with van der Waals surface area (Å²) in [5, 5.41) is 9.69. The van der Waals surface area contributed by atoms with Gasteiger partial charge in [0.2, 0.25) is 0 Å². The molecule has 0 aliphatic heterocycles. The SMILES string of the molecule is COc1cc(C=CC(=O)OCc2ccc(F)cc2Cl)ccc1O. The van der Waals surface area contributed by atoms with Gasteiger partial charge in [-0.3, -0.25) is 0 Å². The molecule has 0 unspecified atom stereocenters. The van der Waals surface area contributed by atoms with Gasteiger partial charge in [0.25, 0.3) is 0 Å². The second-order valence-electron chi connectivity index (χ2n) is 4.61. The van der Waals surface area contributed by atoms with Gasteiger partial charge in [0.1, 0.15) is 12.4 Å². The van der Waals surface area contributed by atoms with E-state index in [0.29, 0.717) is 16.9 Å². The molecule has 0 aliphatic rings. The summed E-state index contributed by atoms with van der Waals surface area (Å²) in [7, 11) is 1.43. The number of rotatable bonds is 5. The van der Waals surface area contributed by atoms with Crippen molar-refractivity contribution in [1.29, 1.82) is 0 Å². The summed E-state index contributed by atoms with van der Waals surface area (Å²) >= 11 is 5.85. The van der Waals surface area contributed by atoms with E-state index in [-0.39, 0.29) is 17.4 Å². The summed E-state index contributed by atoms with van der Waals surface area (Å²) in [4.78, 5) is 11.7. The predicted molar refractivity (Wildman–Crippen MR) is 84.9 cm³/mol. The number of hydrogen-bond acceptors (Lipinski definition) is 4. The first-order valence-electron chi connectivity index (χ1n) is 6.65. The molecule has 0 saturated carbocycles. The molecule has 0 amide bonds. The highest BCUT2D eigenvalue weighted by Crippen LogP contribution is 2.26. The molecule has 6 heteroatoms. The highest BCUT2D eigenvalue weighted by Gasteiger charge is 2.05. The number of hydrogen-bond donors (Lipinski definition) is 1. The van der Waals surface area contributed by atoms with Gasteiger partial charge in [-0.25, -0.2) is 9.18 Å². The molecule has 2 rings (SSSR count). The molecule has 0 radical (unpaired) electrons. The largest absolute Gasteiger partial charge is 0.504 e. The number of aromatic hydroxyl groups is 1. The van der Waals surface area contributed by atoms with Crippen LogP contribution in [-0.2, 0) is 16.1 Å². The number of benzene rings is 2. The summed E-state index contributed by atoms with van der Waals surface area (Å²) in [5.41, 5.74) is 1.18. The van der Waals surface area contributed by atoms with E-state index in [1.54, 1.807) is 12.1 Å². The molecule has 0 heterocycles. The zero-order chi connectivity index (χ0) is 16.8. The molecule has 0 bridgehead atoms. The molecule has 23 heavy (non-hydrogen) atoms. The van der Waals surface area contributed by atoms with Crippen molar-refractivity contribution in [3.63, 3.8) is 0 Å². The third kappa shape index (κ3) is 4.72. The van der Waals surface area contributed by atoms with Gasteiger partial charge >= 0.3 is 5.97 Å². The minimum absolute atomic E-state index is 0.0122. The van der Waals surface area contributed by atoms with Gasteiger partial charge in [-0.2, -0.15) is 0 Å². The number of esters is 1. The Balaban J connectivity index is 1.96. The fourth-order valence-corrected chi connectivity index (χ4v) is 2.02. The average Bonchev–Trinajstić information content (AvgIpc) is 2.53. The maximum Gasteiger partial charge on any atom is 0.331 e. The quantitative estimate of drug-likeness (QED) is 0.663. The summed E-state index contributed by atoms with van der Waals surface area (Å²) in [6.07, 6.45) is 2.76. The first-order valence-corrected chi connectivity index (χ1v) is 7.03. The minimum Gasteiger partial charge on any atom is -0.504 e. The molecule has 0 aromatic heterocycles. The number of phenolic OH excluding ortho intramolecular Hbond substituents is 1. The summed E-state index contributed by atoms with van der Waals surface area (Å²) < 4.78 is 22.9. The predicted octanol–water partition coefficient (Wildman–Crippen LogP) is 3.95. The van der Waals surface area contributed by atoms with Crippen LogP contribution in [0.4, 0.5) is 4.39 Å². The Labute approximate surface area is 137 Å². The first kappa shape index (κ1) is 16.8. The van der Waals surface area contributed by atoms with Crippen molar-refractivity contribution in [3.05, 3.63) is 64.4 Å². The monoisotopic (exact) mass is 336 g/mol. The molecule has 1 N–H and O–H groups in total. The van der Waals surface area contributed by atoms with Gasteiger partial charge in [-0.1, -0.05) is 23.7 Å². The maximum atomic E-state index is 12.9. The van der Waals surface area contributed by atoms with Crippen molar-refractivity contribution in [2.45, 2.75) is 6.61 Å². The van der Waals surface area contributed by atoms with Gasteiger partial charge in [0.15, 0.2) is 11.5 Å². The van der Waals surface area contributed by atoms with E-state index in [4.69, 9.17) is 21.1 Å². The van der Waals surface area contributed by atoms with E-state index >= 15 is 0 Å². The fourth-order valence-electron chi connectivity index (χ4n) is 1.80. The van der Waals surface area contributed by atoms with Crippen molar-refractivity contribution >= 4 is 23.6 Å². The van der Waals surface area contributed by atoms with Gasteiger partial charge in [-0.15, -0.1) is 0 Å². The zero-order valence-corrected chi connectivity index (χ0v) is 13.0. The molecular weight excluding hydrogens is 323 g/mol. The summed E-state index contributed by atoms with van der Waals surface area (Å²) in [6.45, 7) is -0.0544. The highest BCUT2D eigenvalue weighted by atomic mass is 35.5. The Hall–Kier alpha value is -2.53. The van der Waals surface area contributed by atoms with Crippen LogP contribution in [0.1, 0.15) is 11.1 Å². The number of halogens is 2. The van der Waals surface area contributed by atoms with Gasteiger partial charge in [0.05, 0.1) is 12.1 Å². The summed E-state index contributed by atoms with van der Waals surface area (Å²) in [6, 6.07) is 8.52. The number of phenols is 1. The number of carbonyl (C=O) groups excluding carboxylic acids is 1. The van der Waals surface area contributed by atoms with Crippen LogP contribution in [0.2, 0.25) is 5.02 Å². The molecule has 120 valence electrons. The van der Waals surface area contributed by atoms with Crippen LogP contribution in [0.5, 0.6) is 11.5 Å². The lowest BCUT2D eigenvalue weighted by atomic mass is 10.2. The van der Waals surface area contributed by atoms with Crippen LogP contribution in [0.3, 0.4) is 0 Å². The molecule has 0 spiro atoms. The Bertz CT molecular complexity index is 743. The lowest BCUT2D eigenvalue weighted by Crippen LogP contribution is -2.01. The van der Waals surface area contributed by atoms with Gasteiger partial charge in [-0.05, 0) is 35.9 Å². The average molecular weight is 337 g/mol. The van der Waals surface area contributed by atoms with E-state index in [9.17, 15) is 14.3 Å². The zero-order valence-electron chi connectivity index (χ0n) is 12.3. The first-order chi connectivity index (χ1) is 11.0. The van der Waals surface area contributed by atoms with E-state index in [1.807, 2.05) is 0 Å². The van der Waals surface area contributed by atoms with E-state index < -0.39 is 11.8 Å². The number of carbonyl (C=O) groups is 1. The number of methoxy groups -OCH3 is 1. The van der Waals surface area contributed by atoms with Gasteiger partial charge < -0.3 is 14.6 Å².